The molecule has 0 unspecified atom stereocenters. The Balaban J connectivity index is 1.69. The molecule has 1 aliphatic heterocycles. The molecule has 4 nitrogen and oxygen atoms in total. The average molecular weight is 391 g/mol. The number of amides is 2. The standard InChI is InChI=1S/C25H30N2O2/c1-18-12-14-20(15-13-18)16-27-23(28)17-26(21-9-4-3-5-10-21)25(29)24(27)22-11-7-6-8-19(22)2/h6-8,11-15,21,24H,3-5,9-10,16-17H2,1-2H3/t24-/m0/s1. The van der Waals surface area contributed by atoms with Crippen molar-refractivity contribution in [1.82, 2.24) is 9.80 Å². The van der Waals surface area contributed by atoms with Crippen LogP contribution in [0.4, 0.5) is 0 Å². The smallest absolute Gasteiger partial charge is 0.250 e. The zero-order valence-corrected chi connectivity index (χ0v) is 17.4. The van der Waals surface area contributed by atoms with E-state index in [0.29, 0.717) is 6.54 Å². The molecule has 4 heteroatoms. The Bertz CT molecular complexity index is 884. The molecule has 2 aliphatic rings. The third kappa shape index (κ3) is 4.07. The Kier molecular flexibility index (Phi) is 5.70. The maximum Gasteiger partial charge on any atom is 0.250 e. The summed E-state index contributed by atoms with van der Waals surface area (Å²) >= 11 is 0. The van der Waals surface area contributed by atoms with E-state index in [9.17, 15) is 9.59 Å². The van der Waals surface area contributed by atoms with Crippen LogP contribution in [-0.2, 0) is 16.1 Å². The van der Waals surface area contributed by atoms with Crippen LogP contribution in [0.15, 0.2) is 48.5 Å². The van der Waals surface area contributed by atoms with E-state index >= 15 is 0 Å². The minimum Gasteiger partial charge on any atom is -0.328 e. The topological polar surface area (TPSA) is 40.6 Å². The van der Waals surface area contributed by atoms with Crippen LogP contribution in [0.3, 0.4) is 0 Å². The quantitative estimate of drug-likeness (QED) is 0.768. The fourth-order valence-electron chi connectivity index (χ4n) is 4.71. The predicted molar refractivity (Wildman–Crippen MR) is 114 cm³/mol. The molecule has 0 bridgehead atoms. The van der Waals surface area contributed by atoms with Crippen LogP contribution in [0.25, 0.3) is 0 Å². The number of carbonyl (C=O) groups is 2. The molecule has 152 valence electrons. The number of benzene rings is 2. The average Bonchev–Trinajstić information content (AvgIpc) is 2.74. The second kappa shape index (κ2) is 8.40. The summed E-state index contributed by atoms with van der Waals surface area (Å²) in [5, 5.41) is 0. The molecule has 2 fully saturated rings. The highest BCUT2D eigenvalue weighted by atomic mass is 16.2. The van der Waals surface area contributed by atoms with E-state index in [1.165, 1.54) is 12.0 Å². The first-order valence-electron chi connectivity index (χ1n) is 10.8. The maximum absolute atomic E-state index is 13.7. The first kappa shape index (κ1) is 19.7. The van der Waals surface area contributed by atoms with Crippen molar-refractivity contribution in [1.29, 1.82) is 0 Å². The first-order chi connectivity index (χ1) is 14.0. The lowest BCUT2D eigenvalue weighted by atomic mass is 9.90. The third-order valence-electron chi connectivity index (χ3n) is 6.43. The van der Waals surface area contributed by atoms with E-state index in [0.717, 1.165) is 42.4 Å². The number of hydrogen-bond acceptors (Lipinski definition) is 2. The van der Waals surface area contributed by atoms with Gasteiger partial charge in [0.05, 0.1) is 0 Å². The highest BCUT2D eigenvalue weighted by Gasteiger charge is 2.43. The Morgan fingerprint density at radius 1 is 0.897 bits per heavy atom. The van der Waals surface area contributed by atoms with Crippen LogP contribution < -0.4 is 0 Å². The summed E-state index contributed by atoms with van der Waals surface area (Å²) in [6, 6.07) is 15.8. The Hall–Kier alpha value is -2.62. The summed E-state index contributed by atoms with van der Waals surface area (Å²) in [6.45, 7) is 4.74. The van der Waals surface area contributed by atoms with Gasteiger partial charge in [0.15, 0.2) is 0 Å². The fraction of sp³-hybridized carbons (Fsp3) is 0.440. The summed E-state index contributed by atoms with van der Waals surface area (Å²) in [5.41, 5.74) is 4.24. The van der Waals surface area contributed by atoms with Crippen LogP contribution in [0, 0.1) is 13.8 Å². The summed E-state index contributed by atoms with van der Waals surface area (Å²) in [4.78, 5) is 30.7. The minimum atomic E-state index is -0.541. The number of rotatable bonds is 4. The lowest BCUT2D eigenvalue weighted by Gasteiger charge is -2.45. The second-order valence-electron chi connectivity index (χ2n) is 8.52. The fourth-order valence-corrected chi connectivity index (χ4v) is 4.71. The predicted octanol–water partition coefficient (Wildman–Crippen LogP) is 4.55. The molecule has 0 N–H and O–H groups in total. The van der Waals surface area contributed by atoms with Crippen molar-refractivity contribution in [3.8, 4) is 0 Å². The van der Waals surface area contributed by atoms with Crippen molar-refractivity contribution in [3.05, 3.63) is 70.8 Å². The monoisotopic (exact) mass is 390 g/mol. The Morgan fingerprint density at radius 2 is 1.59 bits per heavy atom. The van der Waals surface area contributed by atoms with E-state index in [2.05, 4.69) is 31.2 Å². The lowest BCUT2D eigenvalue weighted by molar-refractivity contribution is -0.160. The molecule has 2 aromatic rings. The van der Waals surface area contributed by atoms with E-state index in [-0.39, 0.29) is 24.4 Å². The van der Waals surface area contributed by atoms with Gasteiger partial charge in [0.2, 0.25) is 5.91 Å². The summed E-state index contributed by atoms with van der Waals surface area (Å²) < 4.78 is 0. The van der Waals surface area contributed by atoms with Gasteiger partial charge in [0, 0.05) is 12.6 Å². The van der Waals surface area contributed by atoms with Gasteiger partial charge in [-0.2, -0.15) is 0 Å². The van der Waals surface area contributed by atoms with Gasteiger partial charge < -0.3 is 9.80 Å². The molecule has 4 rings (SSSR count). The van der Waals surface area contributed by atoms with Crippen molar-refractivity contribution in [3.63, 3.8) is 0 Å². The van der Waals surface area contributed by atoms with Gasteiger partial charge in [-0.05, 0) is 43.4 Å². The first-order valence-corrected chi connectivity index (χ1v) is 10.8. The maximum atomic E-state index is 13.7. The van der Waals surface area contributed by atoms with Crippen molar-refractivity contribution >= 4 is 11.8 Å². The molecule has 1 aliphatic carbocycles. The van der Waals surface area contributed by atoms with Crippen molar-refractivity contribution in [2.45, 2.75) is 64.6 Å². The number of hydrogen-bond donors (Lipinski definition) is 0. The Morgan fingerprint density at radius 3 is 2.28 bits per heavy atom. The number of nitrogens with zero attached hydrogens (tertiary/aromatic N) is 2. The van der Waals surface area contributed by atoms with Gasteiger partial charge in [0.25, 0.3) is 5.91 Å². The van der Waals surface area contributed by atoms with Crippen molar-refractivity contribution < 1.29 is 9.59 Å². The molecule has 1 atom stereocenters. The van der Waals surface area contributed by atoms with Gasteiger partial charge in [-0.3, -0.25) is 9.59 Å². The Labute approximate surface area is 173 Å². The van der Waals surface area contributed by atoms with Crippen LogP contribution in [0.2, 0.25) is 0 Å². The molecule has 1 saturated carbocycles. The van der Waals surface area contributed by atoms with Gasteiger partial charge in [-0.1, -0.05) is 73.4 Å². The summed E-state index contributed by atoms with van der Waals surface area (Å²) in [5.74, 6) is 0.127. The van der Waals surface area contributed by atoms with E-state index < -0.39 is 6.04 Å². The van der Waals surface area contributed by atoms with Crippen molar-refractivity contribution in [2.75, 3.05) is 6.54 Å². The number of carbonyl (C=O) groups excluding carboxylic acids is 2. The molecule has 1 saturated heterocycles. The molecule has 0 radical (unpaired) electrons. The van der Waals surface area contributed by atoms with Gasteiger partial charge in [0.1, 0.15) is 12.6 Å². The zero-order chi connectivity index (χ0) is 20.4. The largest absolute Gasteiger partial charge is 0.328 e. The molecule has 29 heavy (non-hydrogen) atoms. The van der Waals surface area contributed by atoms with Crippen LogP contribution >= 0.6 is 0 Å². The normalized spacial score (nSPS) is 21.0. The highest BCUT2D eigenvalue weighted by molar-refractivity contribution is 5.96. The van der Waals surface area contributed by atoms with Crippen LogP contribution in [-0.4, -0.2) is 34.2 Å². The molecule has 1 heterocycles. The summed E-state index contributed by atoms with van der Waals surface area (Å²) in [6.07, 6.45) is 5.54. The lowest BCUT2D eigenvalue weighted by Crippen LogP contribution is -2.58. The highest BCUT2D eigenvalue weighted by Crippen LogP contribution is 2.34. The van der Waals surface area contributed by atoms with Gasteiger partial charge >= 0.3 is 0 Å². The van der Waals surface area contributed by atoms with Crippen molar-refractivity contribution in [2.24, 2.45) is 0 Å². The number of piperazine rings is 1. The van der Waals surface area contributed by atoms with Gasteiger partial charge in [-0.25, -0.2) is 0 Å². The molecule has 2 amide bonds. The van der Waals surface area contributed by atoms with E-state index in [1.54, 1.807) is 4.90 Å². The molecular formula is C25H30N2O2. The van der Waals surface area contributed by atoms with E-state index in [1.807, 2.05) is 36.1 Å². The molecule has 0 aromatic heterocycles. The molecule has 0 spiro atoms. The SMILES string of the molecule is Cc1ccc(CN2C(=O)CN(C3CCCCC3)C(=O)[C@@H]2c2ccccc2C)cc1. The second-order valence-corrected chi connectivity index (χ2v) is 8.52. The summed E-state index contributed by atoms with van der Waals surface area (Å²) in [7, 11) is 0. The molecular weight excluding hydrogens is 360 g/mol. The minimum absolute atomic E-state index is 0.0454. The zero-order valence-electron chi connectivity index (χ0n) is 17.4. The molecule has 2 aromatic carbocycles. The van der Waals surface area contributed by atoms with Crippen LogP contribution in [0.1, 0.15) is 60.4 Å². The van der Waals surface area contributed by atoms with Crippen LogP contribution in [0.5, 0.6) is 0 Å². The number of aryl methyl sites for hydroxylation is 2. The van der Waals surface area contributed by atoms with E-state index in [4.69, 9.17) is 0 Å². The van der Waals surface area contributed by atoms with Gasteiger partial charge in [-0.15, -0.1) is 0 Å². The third-order valence-corrected chi connectivity index (χ3v) is 6.43.